The molecule has 2 aromatic carbocycles. The maximum absolute atomic E-state index is 13.0. The number of carbonyl (C=O) groups excluding carboxylic acids is 2. The van der Waals surface area contributed by atoms with Crippen molar-refractivity contribution < 1.29 is 14.0 Å². The maximum Gasteiger partial charge on any atom is 0.319 e. The van der Waals surface area contributed by atoms with E-state index in [9.17, 15) is 14.0 Å². The van der Waals surface area contributed by atoms with Crippen LogP contribution in [0.3, 0.4) is 0 Å². The summed E-state index contributed by atoms with van der Waals surface area (Å²) in [4.78, 5) is 25.7. The van der Waals surface area contributed by atoms with Crippen LogP contribution >= 0.6 is 0 Å². The van der Waals surface area contributed by atoms with Crippen LogP contribution in [-0.2, 0) is 4.79 Å². The Morgan fingerprint density at radius 1 is 1.12 bits per heavy atom. The molecule has 1 aliphatic rings. The number of hydrogen-bond donors (Lipinski definition) is 2. The van der Waals surface area contributed by atoms with Crippen LogP contribution < -0.4 is 15.5 Å². The van der Waals surface area contributed by atoms with Crippen molar-refractivity contribution in [3.05, 3.63) is 59.9 Å². The van der Waals surface area contributed by atoms with Crippen molar-refractivity contribution in [3.8, 4) is 0 Å². The fourth-order valence-electron chi connectivity index (χ4n) is 2.66. The zero-order valence-corrected chi connectivity index (χ0v) is 13.3. The second-order valence-electron chi connectivity index (χ2n) is 5.85. The summed E-state index contributed by atoms with van der Waals surface area (Å²) in [5.41, 5.74) is 2.43. The Hall–Kier alpha value is -2.89. The minimum absolute atomic E-state index is 0.0951. The summed E-state index contributed by atoms with van der Waals surface area (Å²) in [6.07, 6.45) is 0.221. The van der Waals surface area contributed by atoms with Crippen LogP contribution in [0.5, 0.6) is 0 Å². The molecule has 0 unspecified atom stereocenters. The molecule has 124 valence electrons. The topological polar surface area (TPSA) is 61.4 Å². The van der Waals surface area contributed by atoms with E-state index in [0.717, 1.165) is 5.56 Å². The van der Waals surface area contributed by atoms with E-state index in [1.54, 1.807) is 17.0 Å². The van der Waals surface area contributed by atoms with Gasteiger partial charge < -0.3 is 15.5 Å². The summed E-state index contributed by atoms with van der Waals surface area (Å²) >= 11 is 0. The van der Waals surface area contributed by atoms with Gasteiger partial charge in [-0.25, -0.2) is 9.18 Å². The second-order valence-corrected chi connectivity index (χ2v) is 5.85. The van der Waals surface area contributed by atoms with Crippen LogP contribution in [0, 0.1) is 12.7 Å². The molecule has 0 saturated carbocycles. The third-order valence-corrected chi connectivity index (χ3v) is 3.91. The van der Waals surface area contributed by atoms with Crippen molar-refractivity contribution in [2.45, 2.75) is 19.4 Å². The lowest BCUT2D eigenvalue weighted by atomic mass is 10.2. The molecule has 3 rings (SSSR count). The predicted molar refractivity (Wildman–Crippen MR) is 90.5 cm³/mol. The fourth-order valence-corrected chi connectivity index (χ4v) is 2.66. The first-order valence-electron chi connectivity index (χ1n) is 7.71. The Kier molecular flexibility index (Phi) is 4.46. The van der Waals surface area contributed by atoms with Gasteiger partial charge in [-0.3, -0.25) is 4.79 Å². The maximum atomic E-state index is 13.0. The van der Waals surface area contributed by atoms with Crippen molar-refractivity contribution in [1.82, 2.24) is 5.32 Å². The van der Waals surface area contributed by atoms with E-state index in [2.05, 4.69) is 10.6 Å². The normalized spacial score (nSPS) is 17.0. The molecule has 0 spiro atoms. The summed E-state index contributed by atoms with van der Waals surface area (Å²) in [7, 11) is 0. The minimum Gasteiger partial charge on any atom is -0.333 e. The van der Waals surface area contributed by atoms with Crippen LogP contribution in [0.4, 0.5) is 20.6 Å². The van der Waals surface area contributed by atoms with Crippen LogP contribution in [0.1, 0.15) is 12.0 Å². The van der Waals surface area contributed by atoms with E-state index in [0.29, 0.717) is 17.9 Å². The van der Waals surface area contributed by atoms with Gasteiger partial charge in [0.2, 0.25) is 5.91 Å². The first-order chi connectivity index (χ1) is 11.5. The standard InChI is InChI=1S/C18H18FN3O2/c1-12-2-6-14(7-3-12)20-18(24)21-15-10-17(23)22(11-15)16-8-4-13(19)5-9-16/h2-9,15H,10-11H2,1H3,(H2,20,21,24)/t15-/m1/s1. The number of hydrogen-bond acceptors (Lipinski definition) is 2. The quantitative estimate of drug-likeness (QED) is 0.910. The number of benzene rings is 2. The SMILES string of the molecule is Cc1ccc(NC(=O)N[C@@H]2CC(=O)N(c3ccc(F)cc3)C2)cc1. The number of aryl methyl sites for hydroxylation is 1. The lowest BCUT2D eigenvalue weighted by molar-refractivity contribution is -0.117. The molecule has 2 N–H and O–H groups in total. The number of anilines is 2. The predicted octanol–water partition coefficient (Wildman–Crippen LogP) is 3.06. The van der Waals surface area contributed by atoms with E-state index in [4.69, 9.17) is 0 Å². The molecule has 5 nitrogen and oxygen atoms in total. The van der Waals surface area contributed by atoms with Crippen molar-refractivity contribution in [2.75, 3.05) is 16.8 Å². The molecule has 1 saturated heterocycles. The second kappa shape index (κ2) is 6.70. The average molecular weight is 327 g/mol. The Labute approximate surface area is 139 Å². The third kappa shape index (κ3) is 3.71. The summed E-state index contributed by atoms with van der Waals surface area (Å²) in [6, 6.07) is 12.6. The van der Waals surface area contributed by atoms with Crippen molar-refractivity contribution in [1.29, 1.82) is 0 Å². The van der Waals surface area contributed by atoms with Crippen molar-refractivity contribution in [3.63, 3.8) is 0 Å². The Morgan fingerprint density at radius 3 is 2.46 bits per heavy atom. The molecule has 0 aromatic heterocycles. The fraction of sp³-hybridized carbons (Fsp3) is 0.222. The highest BCUT2D eigenvalue weighted by Gasteiger charge is 2.31. The lowest BCUT2D eigenvalue weighted by Gasteiger charge is -2.17. The van der Waals surface area contributed by atoms with Crippen LogP contribution in [-0.4, -0.2) is 24.5 Å². The van der Waals surface area contributed by atoms with Gasteiger partial charge in [0.05, 0.1) is 6.04 Å². The largest absolute Gasteiger partial charge is 0.333 e. The number of urea groups is 1. The van der Waals surface area contributed by atoms with Gasteiger partial charge in [0, 0.05) is 24.3 Å². The molecular weight excluding hydrogens is 309 g/mol. The summed E-state index contributed by atoms with van der Waals surface area (Å²) < 4.78 is 13.0. The lowest BCUT2D eigenvalue weighted by Crippen LogP contribution is -2.39. The third-order valence-electron chi connectivity index (χ3n) is 3.91. The zero-order chi connectivity index (χ0) is 17.1. The van der Waals surface area contributed by atoms with Gasteiger partial charge in [0.15, 0.2) is 0 Å². The molecule has 1 fully saturated rings. The number of nitrogens with one attached hydrogen (secondary N) is 2. The van der Waals surface area contributed by atoms with Crippen molar-refractivity contribution in [2.24, 2.45) is 0 Å². The smallest absolute Gasteiger partial charge is 0.319 e. The average Bonchev–Trinajstić information content (AvgIpc) is 2.90. The van der Waals surface area contributed by atoms with Crippen molar-refractivity contribution >= 4 is 23.3 Å². The van der Waals surface area contributed by atoms with E-state index < -0.39 is 0 Å². The Bertz CT molecular complexity index is 744. The summed E-state index contributed by atoms with van der Waals surface area (Å²) in [5.74, 6) is -0.445. The van der Waals surface area contributed by atoms with E-state index in [1.807, 2.05) is 31.2 Å². The molecule has 2 aromatic rings. The van der Waals surface area contributed by atoms with Gasteiger partial charge in [-0.05, 0) is 43.3 Å². The molecule has 0 radical (unpaired) electrons. The highest BCUT2D eigenvalue weighted by molar-refractivity contribution is 5.97. The molecule has 24 heavy (non-hydrogen) atoms. The monoisotopic (exact) mass is 327 g/mol. The molecule has 1 heterocycles. The molecule has 0 aliphatic carbocycles. The first-order valence-corrected chi connectivity index (χ1v) is 7.71. The van der Waals surface area contributed by atoms with Crippen LogP contribution in [0.2, 0.25) is 0 Å². The highest BCUT2D eigenvalue weighted by atomic mass is 19.1. The molecule has 3 amide bonds. The highest BCUT2D eigenvalue weighted by Crippen LogP contribution is 2.22. The minimum atomic E-state index is -0.349. The van der Waals surface area contributed by atoms with E-state index in [1.165, 1.54) is 12.1 Å². The molecular formula is C18H18FN3O2. The Balaban J connectivity index is 1.58. The molecule has 1 atom stereocenters. The van der Waals surface area contributed by atoms with Gasteiger partial charge in [-0.15, -0.1) is 0 Å². The number of halogens is 1. The first kappa shape index (κ1) is 16.0. The van der Waals surface area contributed by atoms with Gasteiger partial charge in [0.1, 0.15) is 5.82 Å². The van der Waals surface area contributed by atoms with Gasteiger partial charge in [-0.1, -0.05) is 17.7 Å². The van der Waals surface area contributed by atoms with Gasteiger partial charge in [0.25, 0.3) is 0 Å². The number of amides is 3. The van der Waals surface area contributed by atoms with Gasteiger partial charge >= 0.3 is 6.03 Å². The summed E-state index contributed by atoms with van der Waals surface area (Å²) in [5, 5.41) is 5.54. The zero-order valence-electron chi connectivity index (χ0n) is 13.3. The van der Waals surface area contributed by atoms with E-state index in [-0.39, 0.29) is 30.2 Å². The number of rotatable bonds is 3. The van der Waals surface area contributed by atoms with Gasteiger partial charge in [-0.2, -0.15) is 0 Å². The molecule has 0 bridgehead atoms. The molecule has 1 aliphatic heterocycles. The number of carbonyl (C=O) groups is 2. The number of nitrogens with zero attached hydrogens (tertiary/aromatic N) is 1. The van der Waals surface area contributed by atoms with Crippen LogP contribution in [0.25, 0.3) is 0 Å². The van der Waals surface area contributed by atoms with E-state index >= 15 is 0 Å². The molecule has 6 heteroatoms. The summed E-state index contributed by atoms with van der Waals surface area (Å²) in [6.45, 7) is 2.34. The Morgan fingerprint density at radius 2 is 1.79 bits per heavy atom. The van der Waals surface area contributed by atoms with Crippen LogP contribution in [0.15, 0.2) is 48.5 Å².